The van der Waals surface area contributed by atoms with Crippen molar-refractivity contribution in [1.82, 2.24) is 5.32 Å². The van der Waals surface area contributed by atoms with Gasteiger partial charge in [-0.3, -0.25) is 0 Å². The van der Waals surface area contributed by atoms with Crippen LogP contribution in [0.25, 0.3) is 0 Å². The molecule has 0 aliphatic heterocycles. The van der Waals surface area contributed by atoms with E-state index in [9.17, 15) is 13.6 Å². The van der Waals surface area contributed by atoms with E-state index in [0.717, 1.165) is 0 Å². The van der Waals surface area contributed by atoms with Gasteiger partial charge in [0, 0.05) is 6.42 Å². The maximum absolute atomic E-state index is 11.8. The van der Waals surface area contributed by atoms with Gasteiger partial charge in [0.2, 0.25) is 0 Å². The molecule has 1 aliphatic carbocycles. The molecule has 1 fully saturated rings. The van der Waals surface area contributed by atoms with Gasteiger partial charge in [-0.1, -0.05) is 0 Å². The van der Waals surface area contributed by atoms with E-state index in [2.05, 4.69) is 0 Å². The SMILES string of the molecule is O=C(O)N[C@H]1CC1(F)F. The number of hydrogen-bond donors (Lipinski definition) is 2. The third-order valence-electron chi connectivity index (χ3n) is 1.12. The van der Waals surface area contributed by atoms with Crippen molar-refractivity contribution >= 4 is 6.09 Å². The molecule has 1 aliphatic rings. The smallest absolute Gasteiger partial charge is 0.405 e. The maximum atomic E-state index is 11.8. The molecule has 0 radical (unpaired) electrons. The Morgan fingerprint density at radius 3 is 2.33 bits per heavy atom. The molecular weight excluding hydrogens is 132 g/mol. The normalized spacial score (nSPS) is 29.3. The van der Waals surface area contributed by atoms with Gasteiger partial charge in [0.05, 0.1) is 0 Å². The summed E-state index contributed by atoms with van der Waals surface area (Å²) < 4.78 is 23.7. The molecule has 9 heavy (non-hydrogen) atoms. The van der Waals surface area contributed by atoms with Crippen LogP contribution >= 0.6 is 0 Å². The van der Waals surface area contributed by atoms with E-state index in [1.165, 1.54) is 0 Å². The first-order valence-electron chi connectivity index (χ1n) is 2.39. The van der Waals surface area contributed by atoms with Gasteiger partial charge < -0.3 is 10.4 Å². The zero-order valence-electron chi connectivity index (χ0n) is 4.40. The van der Waals surface area contributed by atoms with Crippen LogP contribution in [-0.2, 0) is 0 Å². The van der Waals surface area contributed by atoms with Gasteiger partial charge in [-0.05, 0) is 0 Å². The molecule has 2 N–H and O–H groups in total. The van der Waals surface area contributed by atoms with Crippen molar-refractivity contribution in [1.29, 1.82) is 0 Å². The average molecular weight is 137 g/mol. The second-order valence-electron chi connectivity index (χ2n) is 1.97. The lowest BCUT2D eigenvalue weighted by Gasteiger charge is -1.94. The second kappa shape index (κ2) is 1.55. The van der Waals surface area contributed by atoms with Crippen molar-refractivity contribution in [2.24, 2.45) is 0 Å². The van der Waals surface area contributed by atoms with E-state index in [1.54, 1.807) is 5.32 Å². The minimum Gasteiger partial charge on any atom is -0.465 e. The van der Waals surface area contributed by atoms with Gasteiger partial charge in [-0.2, -0.15) is 0 Å². The lowest BCUT2D eigenvalue weighted by Crippen LogP contribution is -2.27. The molecule has 0 unspecified atom stereocenters. The Hall–Kier alpha value is -0.870. The van der Waals surface area contributed by atoms with Crippen LogP contribution in [0.4, 0.5) is 13.6 Å². The molecule has 1 saturated carbocycles. The summed E-state index contributed by atoms with van der Waals surface area (Å²) in [6.45, 7) is 0. The molecule has 1 rings (SSSR count). The first-order valence-corrected chi connectivity index (χ1v) is 2.39. The fourth-order valence-corrected chi connectivity index (χ4v) is 0.519. The number of rotatable bonds is 1. The zero-order valence-corrected chi connectivity index (χ0v) is 4.40. The standard InChI is InChI=1S/C4H5F2NO2/c5-4(6)1-2(4)7-3(8)9/h2,7H,1H2,(H,8,9)/t2-/m0/s1. The number of carboxylic acid groups (broad SMARTS) is 1. The summed E-state index contributed by atoms with van der Waals surface area (Å²) >= 11 is 0. The summed E-state index contributed by atoms with van der Waals surface area (Å²) in [5.41, 5.74) is 0. The molecule has 0 aromatic rings. The summed E-state index contributed by atoms with van der Waals surface area (Å²) in [7, 11) is 0. The molecular formula is C4H5F2NO2. The molecule has 0 spiro atoms. The van der Waals surface area contributed by atoms with Crippen molar-refractivity contribution in [3.05, 3.63) is 0 Å². The van der Waals surface area contributed by atoms with Gasteiger partial charge in [0.15, 0.2) is 0 Å². The highest BCUT2D eigenvalue weighted by Gasteiger charge is 2.58. The van der Waals surface area contributed by atoms with Crippen LogP contribution in [0.2, 0.25) is 0 Å². The Kier molecular flexibility index (Phi) is 1.08. The van der Waals surface area contributed by atoms with Gasteiger partial charge >= 0.3 is 6.09 Å². The van der Waals surface area contributed by atoms with Gasteiger partial charge in [-0.25, -0.2) is 13.6 Å². The lowest BCUT2D eigenvalue weighted by atomic mass is 10.7. The Morgan fingerprint density at radius 2 is 2.22 bits per heavy atom. The van der Waals surface area contributed by atoms with Gasteiger partial charge in [0.1, 0.15) is 6.04 Å². The highest BCUT2D eigenvalue weighted by atomic mass is 19.3. The molecule has 0 saturated heterocycles. The Morgan fingerprint density at radius 1 is 1.78 bits per heavy atom. The van der Waals surface area contributed by atoms with E-state index in [-0.39, 0.29) is 6.42 Å². The molecule has 1 amide bonds. The number of carbonyl (C=O) groups is 1. The highest BCUT2D eigenvalue weighted by Crippen LogP contribution is 2.41. The molecule has 3 nitrogen and oxygen atoms in total. The second-order valence-corrected chi connectivity index (χ2v) is 1.97. The predicted molar refractivity (Wildman–Crippen MR) is 24.5 cm³/mol. The first-order chi connectivity index (χ1) is 4.02. The number of halogens is 2. The summed E-state index contributed by atoms with van der Waals surface area (Å²) in [5, 5.41) is 9.59. The molecule has 52 valence electrons. The van der Waals surface area contributed by atoms with Crippen LogP contribution in [0.5, 0.6) is 0 Å². The number of nitrogens with one attached hydrogen (secondary N) is 1. The van der Waals surface area contributed by atoms with Crippen LogP contribution in [-0.4, -0.2) is 23.2 Å². The Labute approximate surface area is 49.7 Å². The molecule has 5 heteroatoms. The van der Waals surface area contributed by atoms with E-state index < -0.39 is 18.1 Å². The van der Waals surface area contributed by atoms with Crippen LogP contribution in [0.15, 0.2) is 0 Å². The summed E-state index contributed by atoms with van der Waals surface area (Å²) in [6, 6.07) is -1.14. The molecule has 0 aromatic heterocycles. The van der Waals surface area contributed by atoms with Crippen LogP contribution < -0.4 is 5.32 Å². The zero-order chi connectivity index (χ0) is 7.07. The van der Waals surface area contributed by atoms with E-state index >= 15 is 0 Å². The van der Waals surface area contributed by atoms with Crippen molar-refractivity contribution < 1.29 is 18.7 Å². The molecule has 0 heterocycles. The van der Waals surface area contributed by atoms with Crippen molar-refractivity contribution in [3.8, 4) is 0 Å². The summed E-state index contributed by atoms with van der Waals surface area (Å²) in [5.74, 6) is -2.79. The van der Waals surface area contributed by atoms with E-state index in [0.29, 0.717) is 0 Å². The van der Waals surface area contributed by atoms with Gasteiger partial charge in [0.25, 0.3) is 5.92 Å². The minimum absolute atomic E-state index is 0.362. The Balaban J connectivity index is 2.28. The quantitative estimate of drug-likeness (QED) is 0.557. The largest absolute Gasteiger partial charge is 0.465 e. The van der Waals surface area contributed by atoms with Crippen LogP contribution in [0, 0.1) is 0 Å². The van der Waals surface area contributed by atoms with Crippen LogP contribution in [0.1, 0.15) is 6.42 Å². The average Bonchev–Trinajstić information content (AvgIpc) is 2.10. The van der Waals surface area contributed by atoms with Gasteiger partial charge in [-0.15, -0.1) is 0 Å². The fraction of sp³-hybridized carbons (Fsp3) is 0.750. The lowest BCUT2D eigenvalue weighted by molar-refractivity contribution is 0.104. The van der Waals surface area contributed by atoms with Crippen molar-refractivity contribution in [3.63, 3.8) is 0 Å². The summed E-state index contributed by atoms with van der Waals surface area (Å²) in [6.07, 6.45) is -1.75. The topological polar surface area (TPSA) is 49.3 Å². The maximum Gasteiger partial charge on any atom is 0.405 e. The molecule has 0 bridgehead atoms. The monoisotopic (exact) mass is 137 g/mol. The molecule has 0 aromatic carbocycles. The van der Waals surface area contributed by atoms with Crippen molar-refractivity contribution in [2.45, 2.75) is 18.4 Å². The van der Waals surface area contributed by atoms with Crippen molar-refractivity contribution in [2.75, 3.05) is 0 Å². The van der Waals surface area contributed by atoms with Crippen LogP contribution in [0.3, 0.4) is 0 Å². The minimum atomic E-state index is -2.79. The third kappa shape index (κ3) is 1.28. The predicted octanol–water partition coefficient (Wildman–Crippen LogP) is 0.662. The number of hydrogen-bond acceptors (Lipinski definition) is 1. The Bertz CT molecular complexity index is 148. The highest BCUT2D eigenvalue weighted by molar-refractivity contribution is 5.65. The first kappa shape index (κ1) is 6.25. The van der Waals surface area contributed by atoms with E-state index in [4.69, 9.17) is 5.11 Å². The number of alkyl halides is 2. The third-order valence-corrected chi connectivity index (χ3v) is 1.12. The number of amides is 1. The molecule has 1 atom stereocenters. The van der Waals surface area contributed by atoms with E-state index in [1.807, 2.05) is 0 Å². The fourth-order valence-electron chi connectivity index (χ4n) is 0.519. The summed E-state index contributed by atoms with van der Waals surface area (Å²) in [4.78, 5) is 9.69.